The first kappa shape index (κ1) is 8.00. The van der Waals surface area contributed by atoms with Crippen molar-refractivity contribution in [2.45, 2.75) is 6.54 Å². The summed E-state index contributed by atoms with van der Waals surface area (Å²) in [6.07, 6.45) is 3.13. The van der Waals surface area contributed by atoms with E-state index in [1.165, 1.54) is 0 Å². The summed E-state index contributed by atoms with van der Waals surface area (Å²) in [6, 6.07) is 1.77. The largest absolute Gasteiger partial charge is 0.472 e. The van der Waals surface area contributed by atoms with Gasteiger partial charge >= 0.3 is 0 Å². The molecule has 0 amide bonds. The Bertz CT molecular complexity index is 366. The Morgan fingerprint density at radius 1 is 1.54 bits per heavy atom. The minimum atomic E-state index is 0.485. The third-order valence-corrected chi connectivity index (χ3v) is 1.57. The van der Waals surface area contributed by atoms with Gasteiger partial charge in [-0.15, -0.1) is 0 Å². The first-order chi connectivity index (χ1) is 6.40. The van der Waals surface area contributed by atoms with Crippen LogP contribution in [0.3, 0.4) is 0 Å². The summed E-state index contributed by atoms with van der Waals surface area (Å²) in [4.78, 5) is 4.14. The Balaban J connectivity index is 2.23. The van der Waals surface area contributed by atoms with E-state index in [1.54, 1.807) is 18.6 Å². The van der Waals surface area contributed by atoms with E-state index in [9.17, 15) is 0 Å². The molecule has 0 saturated carbocycles. The lowest BCUT2D eigenvalue weighted by Crippen LogP contribution is -2.06. The van der Waals surface area contributed by atoms with Crippen LogP contribution in [-0.2, 0) is 6.54 Å². The Kier molecular flexibility index (Phi) is 2.09. The molecule has 0 unspecified atom stereocenters. The molecule has 1 N–H and O–H groups in total. The fraction of sp³-hybridized carbons (Fsp3) is 0.250. The summed E-state index contributed by atoms with van der Waals surface area (Å²) in [6.45, 7) is 0.599. The molecule has 0 aliphatic rings. The quantitative estimate of drug-likeness (QED) is 0.762. The molecule has 5 heteroatoms. The van der Waals surface area contributed by atoms with Gasteiger partial charge in [-0.3, -0.25) is 0 Å². The molecule has 0 aromatic carbocycles. The molecule has 0 aliphatic heterocycles. The van der Waals surface area contributed by atoms with Crippen molar-refractivity contribution in [1.82, 2.24) is 15.5 Å². The molecule has 68 valence electrons. The number of rotatable bonds is 3. The van der Waals surface area contributed by atoms with Crippen LogP contribution in [0.5, 0.6) is 0 Å². The van der Waals surface area contributed by atoms with E-state index in [0.29, 0.717) is 18.3 Å². The van der Waals surface area contributed by atoms with Crippen molar-refractivity contribution in [3.8, 4) is 11.5 Å². The van der Waals surface area contributed by atoms with Crippen LogP contribution in [0, 0.1) is 0 Å². The zero-order valence-corrected chi connectivity index (χ0v) is 7.15. The van der Waals surface area contributed by atoms with Gasteiger partial charge in [-0.05, 0) is 13.1 Å². The van der Waals surface area contributed by atoms with E-state index in [1.807, 2.05) is 7.05 Å². The lowest BCUT2D eigenvalue weighted by atomic mass is 10.3. The molecule has 0 atom stereocenters. The fourth-order valence-corrected chi connectivity index (χ4v) is 0.987. The van der Waals surface area contributed by atoms with Gasteiger partial charge < -0.3 is 14.3 Å². The summed E-state index contributed by atoms with van der Waals surface area (Å²) in [5.74, 6) is 1.12. The smallest absolute Gasteiger partial charge is 0.261 e. The monoisotopic (exact) mass is 179 g/mol. The first-order valence-corrected chi connectivity index (χ1v) is 3.90. The summed E-state index contributed by atoms with van der Waals surface area (Å²) in [5, 5.41) is 6.71. The Labute approximate surface area is 74.7 Å². The molecular formula is C8H9N3O2. The van der Waals surface area contributed by atoms with Crippen LogP contribution in [0.4, 0.5) is 0 Å². The number of nitrogens with one attached hydrogen (secondary N) is 1. The third kappa shape index (κ3) is 1.59. The predicted octanol–water partition coefficient (Wildman–Crippen LogP) is 1.05. The molecule has 2 aromatic rings. The summed E-state index contributed by atoms with van der Waals surface area (Å²) in [7, 11) is 1.83. The maximum atomic E-state index is 5.00. The molecule has 0 saturated heterocycles. The van der Waals surface area contributed by atoms with Crippen LogP contribution >= 0.6 is 0 Å². The highest BCUT2D eigenvalue weighted by molar-refractivity contribution is 5.49. The summed E-state index contributed by atoms with van der Waals surface area (Å²) < 4.78 is 9.90. The average Bonchev–Trinajstić information content (AvgIpc) is 2.70. The molecule has 2 aromatic heterocycles. The Hall–Kier alpha value is -1.62. The zero-order valence-electron chi connectivity index (χ0n) is 7.15. The average molecular weight is 179 g/mol. The van der Waals surface area contributed by atoms with E-state index < -0.39 is 0 Å². The Morgan fingerprint density at radius 3 is 3.15 bits per heavy atom. The van der Waals surface area contributed by atoms with E-state index in [0.717, 1.165) is 5.56 Å². The van der Waals surface area contributed by atoms with Gasteiger partial charge in [0.1, 0.15) is 6.26 Å². The molecule has 0 aliphatic carbocycles. The van der Waals surface area contributed by atoms with Gasteiger partial charge in [-0.25, -0.2) is 0 Å². The van der Waals surface area contributed by atoms with Gasteiger partial charge in [0.15, 0.2) is 5.82 Å². The van der Waals surface area contributed by atoms with Crippen molar-refractivity contribution in [3.05, 3.63) is 24.4 Å². The second-order valence-corrected chi connectivity index (χ2v) is 2.56. The van der Waals surface area contributed by atoms with Gasteiger partial charge in [0.2, 0.25) is 0 Å². The van der Waals surface area contributed by atoms with Gasteiger partial charge in [0, 0.05) is 0 Å². The third-order valence-electron chi connectivity index (χ3n) is 1.57. The molecule has 5 nitrogen and oxygen atoms in total. The highest BCUT2D eigenvalue weighted by Crippen LogP contribution is 2.16. The topological polar surface area (TPSA) is 64.1 Å². The first-order valence-electron chi connectivity index (χ1n) is 3.90. The van der Waals surface area contributed by atoms with E-state index in [4.69, 9.17) is 8.94 Å². The Morgan fingerprint density at radius 2 is 2.46 bits per heavy atom. The second kappa shape index (κ2) is 3.40. The molecule has 0 radical (unpaired) electrons. The minimum absolute atomic E-state index is 0.485. The lowest BCUT2D eigenvalue weighted by Gasteiger charge is -1.86. The van der Waals surface area contributed by atoms with E-state index in [2.05, 4.69) is 15.5 Å². The van der Waals surface area contributed by atoms with Gasteiger partial charge in [0.05, 0.1) is 18.4 Å². The molecule has 0 bridgehead atoms. The summed E-state index contributed by atoms with van der Waals surface area (Å²) >= 11 is 0. The van der Waals surface area contributed by atoms with Gasteiger partial charge in [0.25, 0.3) is 5.89 Å². The number of nitrogens with zero attached hydrogens (tertiary/aromatic N) is 2. The van der Waals surface area contributed by atoms with Gasteiger partial charge in [-0.2, -0.15) is 4.98 Å². The molecular weight excluding hydrogens is 170 g/mol. The van der Waals surface area contributed by atoms with Crippen molar-refractivity contribution in [1.29, 1.82) is 0 Å². The standard InChI is InChI=1S/C8H9N3O2/c1-9-4-7-10-8(13-11-7)6-2-3-12-5-6/h2-3,5,9H,4H2,1H3. The van der Waals surface area contributed by atoms with Crippen molar-refractivity contribution in [2.75, 3.05) is 7.05 Å². The molecule has 2 rings (SSSR count). The van der Waals surface area contributed by atoms with Crippen molar-refractivity contribution >= 4 is 0 Å². The van der Waals surface area contributed by atoms with Crippen LogP contribution in [0.2, 0.25) is 0 Å². The normalized spacial score (nSPS) is 10.5. The van der Waals surface area contributed by atoms with Crippen LogP contribution in [0.25, 0.3) is 11.5 Å². The van der Waals surface area contributed by atoms with E-state index in [-0.39, 0.29) is 0 Å². The highest BCUT2D eigenvalue weighted by Gasteiger charge is 2.08. The second-order valence-electron chi connectivity index (χ2n) is 2.56. The zero-order chi connectivity index (χ0) is 9.10. The van der Waals surface area contributed by atoms with Crippen molar-refractivity contribution in [2.24, 2.45) is 0 Å². The molecule has 2 heterocycles. The number of hydrogen-bond donors (Lipinski definition) is 1. The number of furan rings is 1. The minimum Gasteiger partial charge on any atom is -0.472 e. The molecule has 0 fully saturated rings. The van der Waals surface area contributed by atoms with Crippen LogP contribution in [0.15, 0.2) is 27.5 Å². The molecule has 0 spiro atoms. The maximum absolute atomic E-state index is 5.00. The predicted molar refractivity (Wildman–Crippen MR) is 44.8 cm³/mol. The van der Waals surface area contributed by atoms with Crippen LogP contribution in [0.1, 0.15) is 5.82 Å². The fourth-order valence-electron chi connectivity index (χ4n) is 0.987. The summed E-state index contributed by atoms with van der Waals surface area (Å²) in [5.41, 5.74) is 0.801. The number of hydrogen-bond acceptors (Lipinski definition) is 5. The van der Waals surface area contributed by atoms with Crippen LogP contribution in [-0.4, -0.2) is 17.2 Å². The molecule has 13 heavy (non-hydrogen) atoms. The highest BCUT2D eigenvalue weighted by atomic mass is 16.5. The lowest BCUT2D eigenvalue weighted by molar-refractivity contribution is 0.420. The van der Waals surface area contributed by atoms with Crippen molar-refractivity contribution < 1.29 is 8.94 Å². The van der Waals surface area contributed by atoms with Crippen molar-refractivity contribution in [3.63, 3.8) is 0 Å². The van der Waals surface area contributed by atoms with Crippen LogP contribution < -0.4 is 5.32 Å². The SMILES string of the molecule is CNCc1noc(-c2ccoc2)n1. The number of aromatic nitrogens is 2. The van der Waals surface area contributed by atoms with Gasteiger partial charge in [-0.1, -0.05) is 5.16 Å². The van der Waals surface area contributed by atoms with E-state index >= 15 is 0 Å². The maximum Gasteiger partial charge on any atom is 0.261 e.